The van der Waals surface area contributed by atoms with Crippen molar-refractivity contribution >= 4 is 63.1 Å². The zero-order chi connectivity index (χ0) is 26.7. The summed E-state index contributed by atoms with van der Waals surface area (Å²) in [6.45, 7) is 1.65. The summed E-state index contributed by atoms with van der Waals surface area (Å²) >= 11 is 1.66. The number of carbonyl (C=O) groups excluding carboxylic acids is 3. The van der Waals surface area contributed by atoms with Crippen LogP contribution < -0.4 is 73.3 Å². The molecule has 8 nitrogen and oxygen atoms in total. The van der Waals surface area contributed by atoms with Gasteiger partial charge >= 0.3 is 58.2 Å². The Morgan fingerprint density at radius 2 is 1.88 bits per heavy atom. The molecule has 0 aliphatic carbocycles. The van der Waals surface area contributed by atoms with Crippen molar-refractivity contribution in [3.8, 4) is 0 Å². The average molecular weight is 625 g/mol. The maximum Gasteiger partial charge on any atom is 1.00 e. The van der Waals surface area contributed by atoms with E-state index < -0.39 is 11.9 Å². The van der Waals surface area contributed by atoms with Crippen molar-refractivity contribution in [3.05, 3.63) is 71.0 Å². The number of thioether (sulfide) groups is 1. The van der Waals surface area contributed by atoms with E-state index in [0.717, 1.165) is 59.1 Å². The van der Waals surface area contributed by atoms with E-state index in [1.807, 2.05) is 36.6 Å². The van der Waals surface area contributed by atoms with Gasteiger partial charge < -0.3 is 9.32 Å². The van der Waals surface area contributed by atoms with Gasteiger partial charge in [0, 0.05) is 30.5 Å². The van der Waals surface area contributed by atoms with Gasteiger partial charge in [0.15, 0.2) is 0 Å². The molecule has 1 aromatic heterocycles. The van der Waals surface area contributed by atoms with Crippen LogP contribution in [0.15, 0.2) is 52.9 Å². The van der Waals surface area contributed by atoms with Crippen molar-refractivity contribution in [2.24, 2.45) is 0 Å². The van der Waals surface area contributed by atoms with Gasteiger partial charge in [-0.05, 0) is 54.5 Å². The van der Waals surface area contributed by atoms with Crippen LogP contribution in [0.2, 0.25) is 0 Å². The molecule has 1 atom stereocenters. The standard InChI is InChI=1S/C30H27N4O4S.Rb/c1-39-16-17-5-9-25-22(15-17)31-30(38-25)33-13-11-18(12-14-33)19-6-7-23-27-20(19)3-2-4-21(27)29(37)34(23)24-8-10-26(35)32-28(24)36;/h2-7,9,15-16,18,24H,8,10-14H2,1H3,(H,32,35,36);/q-1;+1. The van der Waals surface area contributed by atoms with Gasteiger partial charge in [0.25, 0.3) is 11.9 Å². The number of aromatic nitrogens is 1. The monoisotopic (exact) mass is 624 g/mol. The molecular weight excluding hydrogens is 598 g/mol. The van der Waals surface area contributed by atoms with Crippen LogP contribution in [0, 0.1) is 5.75 Å². The Hall–Kier alpha value is -2.17. The number of oxazole rings is 1. The summed E-state index contributed by atoms with van der Waals surface area (Å²) in [4.78, 5) is 46.3. The van der Waals surface area contributed by atoms with E-state index in [-0.39, 0.29) is 76.4 Å². The van der Waals surface area contributed by atoms with E-state index in [1.165, 1.54) is 5.56 Å². The molecule has 2 saturated heterocycles. The van der Waals surface area contributed by atoms with Crippen LogP contribution in [0.5, 0.6) is 0 Å². The van der Waals surface area contributed by atoms with E-state index in [9.17, 15) is 14.4 Å². The molecule has 7 rings (SSSR count). The fraction of sp³-hybridized carbons (Fsp3) is 0.300. The quantitative estimate of drug-likeness (QED) is 0.268. The van der Waals surface area contributed by atoms with E-state index in [1.54, 1.807) is 16.7 Å². The second-order valence-electron chi connectivity index (χ2n) is 10.4. The Kier molecular flexibility index (Phi) is 7.86. The first kappa shape index (κ1) is 28.0. The van der Waals surface area contributed by atoms with E-state index in [0.29, 0.717) is 23.9 Å². The maximum absolute atomic E-state index is 13.5. The normalized spacial score (nSPS) is 19.3. The van der Waals surface area contributed by atoms with Crippen LogP contribution >= 0.6 is 11.8 Å². The zero-order valence-electron chi connectivity index (χ0n) is 22.5. The fourth-order valence-electron chi connectivity index (χ4n) is 6.28. The average Bonchev–Trinajstić information content (AvgIpc) is 3.49. The number of nitrogens with one attached hydrogen (secondary N) is 1. The van der Waals surface area contributed by atoms with Gasteiger partial charge in [-0.15, -0.1) is 11.8 Å². The van der Waals surface area contributed by atoms with Crippen LogP contribution in [-0.4, -0.2) is 48.1 Å². The van der Waals surface area contributed by atoms with E-state index in [2.05, 4.69) is 34.2 Å². The molecular formula is C30H27N4O4RbS. The summed E-state index contributed by atoms with van der Waals surface area (Å²) in [6.07, 6.45) is 4.48. The van der Waals surface area contributed by atoms with E-state index in [4.69, 9.17) is 9.40 Å². The number of nitrogens with zero attached hydrogens (tertiary/aromatic N) is 3. The number of imide groups is 1. The number of rotatable bonds is 5. The largest absolute Gasteiger partial charge is 1.00 e. The number of hydrogen-bond donors (Lipinski definition) is 1. The minimum atomic E-state index is -0.675. The molecule has 1 N–H and O–H groups in total. The molecule has 2 fully saturated rings. The summed E-state index contributed by atoms with van der Waals surface area (Å²) in [7, 11) is 0. The molecule has 1 unspecified atom stereocenters. The Morgan fingerprint density at radius 3 is 2.65 bits per heavy atom. The summed E-state index contributed by atoms with van der Waals surface area (Å²) in [5.41, 5.74) is 5.39. The molecule has 4 aromatic rings. The van der Waals surface area contributed by atoms with Crippen molar-refractivity contribution in [1.29, 1.82) is 0 Å². The Morgan fingerprint density at radius 1 is 1.05 bits per heavy atom. The third kappa shape index (κ3) is 4.73. The number of hydrogen-bond acceptors (Lipinski definition) is 7. The molecule has 3 aliphatic rings. The third-order valence-corrected chi connectivity index (χ3v) is 8.65. The van der Waals surface area contributed by atoms with Gasteiger partial charge in [0.05, 0.1) is 11.2 Å². The molecule has 3 amide bonds. The number of amides is 3. The van der Waals surface area contributed by atoms with Crippen LogP contribution in [0.4, 0.5) is 11.7 Å². The number of fused-ring (bicyclic) bond motifs is 1. The molecule has 0 saturated carbocycles. The number of piperidine rings is 2. The summed E-state index contributed by atoms with van der Waals surface area (Å²) in [5, 5.41) is 4.36. The van der Waals surface area contributed by atoms with Crippen molar-refractivity contribution in [3.63, 3.8) is 0 Å². The smallest absolute Gasteiger partial charge is 0.426 e. The molecule has 3 aliphatic heterocycles. The van der Waals surface area contributed by atoms with Gasteiger partial charge in [-0.1, -0.05) is 24.3 Å². The summed E-state index contributed by atoms with van der Waals surface area (Å²) in [6, 6.07) is 16.0. The first-order valence-corrected chi connectivity index (χ1v) is 14.5. The topological polar surface area (TPSA) is 95.8 Å². The molecule has 4 heterocycles. The Bertz CT molecular complexity index is 1660. The van der Waals surface area contributed by atoms with Crippen LogP contribution in [0.1, 0.15) is 53.1 Å². The molecule has 0 bridgehead atoms. The van der Waals surface area contributed by atoms with Gasteiger partial charge in [-0.3, -0.25) is 24.6 Å². The first-order chi connectivity index (χ1) is 19.0. The van der Waals surface area contributed by atoms with Gasteiger partial charge in [0.1, 0.15) is 11.6 Å². The molecule has 0 radical (unpaired) electrons. The van der Waals surface area contributed by atoms with Crippen molar-refractivity contribution < 1.29 is 77.0 Å². The Labute approximate surface area is 285 Å². The minimum Gasteiger partial charge on any atom is -0.426 e. The SMILES string of the molecule is CS[CH-]c1ccc2oc(N3CCC(c4ccc5c6c(cccc46)C(=O)N5C4CCC(=O)NC4=O)CC3)nc2c1.[Rb+]. The number of carbonyl (C=O) groups is 3. The molecule has 3 aromatic carbocycles. The fourth-order valence-corrected chi connectivity index (χ4v) is 6.70. The maximum atomic E-state index is 13.5. The predicted octanol–water partition coefficient (Wildman–Crippen LogP) is 2.01. The third-order valence-electron chi connectivity index (χ3n) is 8.14. The number of anilines is 2. The minimum absolute atomic E-state index is 0. The van der Waals surface area contributed by atoms with Crippen molar-refractivity contribution in [2.45, 2.75) is 37.6 Å². The predicted molar refractivity (Wildman–Crippen MR) is 152 cm³/mol. The van der Waals surface area contributed by atoms with Crippen LogP contribution in [0.25, 0.3) is 21.9 Å². The number of benzene rings is 3. The van der Waals surface area contributed by atoms with E-state index >= 15 is 0 Å². The second-order valence-corrected chi connectivity index (χ2v) is 11.1. The first-order valence-electron chi connectivity index (χ1n) is 13.3. The molecule has 198 valence electrons. The summed E-state index contributed by atoms with van der Waals surface area (Å²) in [5.74, 6) is 1.55. The summed E-state index contributed by atoms with van der Waals surface area (Å²) < 4.78 is 6.09. The molecule has 10 heteroatoms. The van der Waals surface area contributed by atoms with Gasteiger partial charge in [-0.2, -0.15) is 11.6 Å². The molecule has 40 heavy (non-hydrogen) atoms. The van der Waals surface area contributed by atoms with Crippen LogP contribution in [-0.2, 0) is 9.59 Å². The van der Waals surface area contributed by atoms with Crippen molar-refractivity contribution in [2.75, 3.05) is 29.1 Å². The van der Waals surface area contributed by atoms with Gasteiger partial charge in [0.2, 0.25) is 11.8 Å². The van der Waals surface area contributed by atoms with Gasteiger partial charge in [-0.25, -0.2) is 16.7 Å². The Balaban J connectivity index is 0.00000289. The molecule has 0 spiro atoms. The zero-order valence-corrected chi connectivity index (χ0v) is 28.2. The van der Waals surface area contributed by atoms with Crippen molar-refractivity contribution in [1.82, 2.24) is 10.3 Å². The van der Waals surface area contributed by atoms with Crippen LogP contribution in [0.3, 0.4) is 0 Å². The second kappa shape index (κ2) is 11.2.